The number of fused-ring (bicyclic) bond motifs is 8. The van der Waals surface area contributed by atoms with Gasteiger partial charge in [0.05, 0.1) is 24.3 Å². The second-order valence-electron chi connectivity index (χ2n) is 13.8. The molecule has 5 N–H and O–H groups in total. The molecule has 0 unspecified atom stereocenters. The van der Waals surface area contributed by atoms with E-state index in [2.05, 4.69) is 48.9 Å². The number of nitrogens with zero attached hydrogens (tertiary/aromatic N) is 5. The van der Waals surface area contributed by atoms with Gasteiger partial charge in [0, 0.05) is 45.2 Å². The standard InChI is InChI=1S/C25H21FN4O3.C14H10BrN3O3/c1-24(12-31-13-24)7-6-15-8-19-22(29-10-15)33-20-4-2-16(17-3-5-21(26)28-11-17)9-18(20)25(19)14-32-23(27)30-25;15-7-3-10-12(17-5-7)21-11-2-1-8(19)4-9(11)14(10)6-20-13(16)18-14/h2-11H,12-14H2,1H3,(H2,27,30);1-5,19H,6H2,(H2,16,18)/b7-6+;/t25-;14-/m00/s1. The largest absolute Gasteiger partial charge is 0.508 e. The molecule has 0 amide bonds. The minimum absolute atomic E-state index is 0.0356. The van der Waals surface area contributed by atoms with Gasteiger partial charge in [0.15, 0.2) is 11.1 Å². The monoisotopic (exact) mass is 791 g/mol. The van der Waals surface area contributed by atoms with E-state index in [9.17, 15) is 9.50 Å². The smallest absolute Gasteiger partial charge is 0.283 e. The van der Waals surface area contributed by atoms with Crippen LogP contribution in [0.3, 0.4) is 0 Å². The molecule has 0 bridgehead atoms. The van der Waals surface area contributed by atoms with E-state index in [1.54, 1.807) is 36.7 Å². The molecule has 0 saturated carbocycles. The fraction of sp³-hybridized carbons (Fsp3) is 0.205. The van der Waals surface area contributed by atoms with Crippen LogP contribution in [0.2, 0.25) is 0 Å². The number of aromatic nitrogens is 3. The Labute approximate surface area is 316 Å². The molecule has 5 aromatic rings. The first kappa shape index (κ1) is 33.8. The normalized spacial score (nSPS) is 22.1. The summed E-state index contributed by atoms with van der Waals surface area (Å²) in [4.78, 5) is 21.8. The summed E-state index contributed by atoms with van der Waals surface area (Å²) >= 11 is 3.40. The van der Waals surface area contributed by atoms with Crippen molar-refractivity contribution in [3.63, 3.8) is 0 Å². The molecule has 10 rings (SSSR count). The average Bonchev–Trinajstić information content (AvgIpc) is 3.75. The van der Waals surface area contributed by atoms with E-state index < -0.39 is 17.0 Å². The zero-order valence-electron chi connectivity index (χ0n) is 28.6. The highest BCUT2D eigenvalue weighted by atomic mass is 79.9. The Balaban J connectivity index is 0.000000157. The summed E-state index contributed by atoms with van der Waals surface area (Å²) in [5, 5.41) is 9.80. The minimum Gasteiger partial charge on any atom is -0.508 e. The first-order valence-corrected chi connectivity index (χ1v) is 17.7. The maximum atomic E-state index is 13.3. The topological polar surface area (TPSA) is 182 Å². The molecule has 2 atom stereocenters. The second kappa shape index (κ2) is 12.5. The van der Waals surface area contributed by atoms with Gasteiger partial charge in [0.1, 0.15) is 30.5 Å². The quantitative estimate of drug-likeness (QED) is 0.175. The number of phenols is 1. The Hall–Kier alpha value is -6.06. The van der Waals surface area contributed by atoms with E-state index in [4.69, 9.17) is 40.1 Å². The van der Waals surface area contributed by atoms with Crippen LogP contribution in [0, 0.1) is 11.4 Å². The van der Waals surface area contributed by atoms with Gasteiger partial charge in [0.25, 0.3) is 12.0 Å². The molecular weight excluding hydrogens is 761 g/mol. The molecule has 1 saturated heterocycles. The highest BCUT2D eigenvalue weighted by Crippen LogP contribution is 2.52. The van der Waals surface area contributed by atoms with Crippen molar-refractivity contribution in [2.75, 3.05) is 26.4 Å². The van der Waals surface area contributed by atoms with Crippen LogP contribution in [-0.4, -0.2) is 58.5 Å². The number of halogens is 2. The lowest BCUT2D eigenvalue weighted by Crippen LogP contribution is -2.37. The van der Waals surface area contributed by atoms with Gasteiger partial charge < -0.3 is 40.3 Å². The molecular formula is C39H31BrFN7O6. The summed E-state index contributed by atoms with van der Waals surface area (Å²) in [6.07, 6.45) is 9.12. The lowest BCUT2D eigenvalue weighted by Gasteiger charge is -2.35. The SMILES string of the molecule is CC1(/C=C/c2cnc3c(c2)[C@]2(COC(N)=N2)c2cc(-c4ccc(F)nc4)ccc2O3)COC1.NC1=N[C@@]2(CO1)c1cc(O)ccc1Oc1ncc(Br)cc12. The van der Waals surface area contributed by atoms with Gasteiger partial charge in [-0.1, -0.05) is 25.1 Å². The van der Waals surface area contributed by atoms with Gasteiger partial charge >= 0.3 is 0 Å². The number of pyridine rings is 3. The van der Waals surface area contributed by atoms with Gasteiger partial charge in [-0.3, -0.25) is 0 Å². The van der Waals surface area contributed by atoms with Crippen LogP contribution in [0.1, 0.15) is 34.7 Å². The maximum absolute atomic E-state index is 13.3. The van der Waals surface area contributed by atoms with Crippen LogP contribution < -0.4 is 20.9 Å². The summed E-state index contributed by atoms with van der Waals surface area (Å²) < 4.78 is 42.4. The number of phenolic OH excluding ortho intramolecular Hbond substituents is 1. The van der Waals surface area contributed by atoms with Gasteiger partial charge in [-0.05, 0) is 81.7 Å². The van der Waals surface area contributed by atoms with Crippen LogP contribution in [0.5, 0.6) is 29.0 Å². The van der Waals surface area contributed by atoms with E-state index in [1.165, 1.54) is 12.3 Å². The number of aliphatic imine (C=N–C) groups is 2. The van der Waals surface area contributed by atoms with Gasteiger partial charge in [-0.2, -0.15) is 4.39 Å². The average molecular weight is 793 g/mol. The van der Waals surface area contributed by atoms with Crippen molar-refractivity contribution < 1.29 is 33.2 Å². The van der Waals surface area contributed by atoms with E-state index in [1.807, 2.05) is 36.4 Å². The molecule has 2 spiro atoms. The summed E-state index contributed by atoms with van der Waals surface area (Å²) in [5.41, 5.74) is 15.6. The lowest BCUT2D eigenvalue weighted by atomic mass is 9.81. The molecule has 2 aromatic carbocycles. The molecule has 13 nitrogen and oxygen atoms in total. The van der Waals surface area contributed by atoms with Crippen LogP contribution >= 0.6 is 15.9 Å². The van der Waals surface area contributed by atoms with E-state index in [0.29, 0.717) is 42.0 Å². The fourth-order valence-corrected chi connectivity index (χ4v) is 7.40. The van der Waals surface area contributed by atoms with Crippen molar-refractivity contribution in [3.05, 3.63) is 124 Å². The van der Waals surface area contributed by atoms with Gasteiger partial charge in [-0.15, -0.1) is 0 Å². The van der Waals surface area contributed by atoms with Crippen LogP contribution in [0.15, 0.2) is 99.8 Å². The van der Waals surface area contributed by atoms with Gasteiger partial charge in [-0.25, -0.2) is 24.9 Å². The molecule has 15 heteroatoms. The van der Waals surface area contributed by atoms with E-state index in [0.717, 1.165) is 37.9 Å². The molecule has 0 radical (unpaired) electrons. The minimum atomic E-state index is -0.892. The number of benzene rings is 2. The van der Waals surface area contributed by atoms with Crippen molar-refractivity contribution in [2.24, 2.45) is 26.9 Å². The number of nitrogens with two attached hydrogens (primary N) is 2. The summed E-state index contributed by atoms with van der Waals surface area (Å²) in [6, 6.07) is 17.7. The molecule has 5 aliphatic heterocycles. The van der Waals surface area contributed by atoms with E-state index in [-0.39, 0.29) is 36.4 Å². The van der Waals surface area contributed by atoms with Crippen molar-refractivity contribution >= 4 is 34.0 Å². The van der Waals surface area contributed by atoms with Crippen LogP contribution in [0.4, 0.5) is 4.39 Å². The van der Waals surface area contributed by atoms with Crippen molar-refractivity contribution in [1.29, 1.82) is 0 Å². The number of hydrogen-bond donors (Lipinski definition) is 3. The summed E-state index contributed by atoms with van der Waals surface area (Å²) in [5.74, 6) is 1.73. The predicted octanol–water partition coefficient (Wildman–Crippen LogP) is 6.27. The number of amidine groups is 2. The Morgan fingerprint density at radius 1 is 0.722 bits per heavy atom. The molecule has 1 fully saturated rings. The zero-order chi connectivity index (χ0) is 37.2. The summed E-state index contributed by atoms with van der Waals surface area (Å²) in [6.45, 7) is 4.04. The Morgan fingerprint density at radius 2 is 1.35 bits per heavy atom. The van der Waals surface area contributed by atoms with Crippen molar-refractivity contribution in [2.45, 2.75) is 18.0 Å². The number of rotatable bonds is 3. The molecule has 272 valence electrons. The lowest BCUT2D eigenvalue weighted by molar-refractivity contribution is -0.0703. The fourth-order valence-electron chi connectivity index (χ4n) is 7.07. The Kier molecular flexibility index (Phi) is 7.83. The third-order valence-corrected chi connectivity index (χ3v) is 10.3. The summed E-state index contributed by atoms with van der Waals surface area (Å²) in [7, 11) is 0. The van der Waals surface area contributed by atoms with Crippen LogP contribution in [0.25, 0.3) is 17.2 Å². The molecule has 5 aliphatic rings. The predicted molar refractivity (Wildman–Crippen MR) is 199 cm³/mol. The maximum Gasteiger partial charge on any atom is 0.283 e. The molecule has 8 heterocycles. The Morgan fingerprint density at radius 3 is 1.96 bits per heavy atom. The number of aromatic hydroxyl groups is 1. The second-order valence-corrected chi connectivity index (χ2v) is 14.7. The zero-order valence-corrected chi connectivity index (χ0v) is 30.2. The number of ether oxygens (including phenoxy) is 5. The van der Waals surface area contributed by atoms with E-state index >= 15 is 0 Å². The van der Waals surface area contributed by atoms with Gasteiger partial charge in [0.2, 0.25) is 17.7 Å². The highest BCUT2D eigenvalue weighted by Gasteiger charge is 2.49. The van der Waals surface area contributed by atoms with Crippen LogP contribution in [-0.2, 0) is 25.3 Å². The first-order chi connectivity index (χ1) is 26.0. The highest BCUT2D eigenvalue weighted by molar-refractivity contribution is 9.10. The Bertz CT molecular complexity index is 2390. The molecule has 3 aromatic heterocycles. The molecule has 54 heavy (non-hydrogen) atoms. The third-order valence-electron chi connectivity index (χ3n) is 9.89. The first-order valence-electron chi connectivity index (χ1n) is 16.9. The van der Waals surface area contributed by atoms with Crippen molar-refractivity contribution in [3.8, 4) is 40.1 Å². The van der Waals surface area contributed by atoms with Crippen molar-refractivity contribution in [1.82, 2.24) is 15.0 Å². The third kappa shape index (κ3) is 5.67. The number of hydrogen-bond acceptors (Lipinski definition) is 13. The molecule has 0 aliphatic carbocycles.